The smallest absolute Gasteiger partial charge is 0.257 e. The van der Waals surface area contributed by atoms with Crippen LogP contribution in [0.25, 0.3) is 22.2 Å². The van der Waals surface area contributed by atoms with Crippen LogP contribution in [0.1, 0.15) is 15.9 Å². The van der Waals surface area contributed by atoms with Crippen molar-refractivity contribution in [1.82, 2.24) is 10.3 Å². The number of rotatable bonds is 2. The number of fused-ring (bicyclic) bond motifs is 1. The van der Waals surface area contributed by atoms with Crippen LogP contribution in [0.15, 0.2) is 35.1 Å². The average molecular weight is 374 g/mol. The molecule has 0 spiro atoms. The molecule has 0 aliphatic carbocycles. The zero-order valence-corrected chi connectivity index (χ0v) is 14.0. The number of benzene rings is 2. The molecule has 5 nitrogen and oxygen atoms in total. The second-order valence-electron chi connectivity index (χ2n) is 5.40. The van der Waals surface area contributed by atoms with E-state index in [4.69, 9.17) is 16.9 Å². The number of pyridine rings is 1. The van der Waals surface area contributed by atoms with E-state index in [0.717, 1.165) is 12.1 Å². The molecule has 8 heteroatoms. The topological polar surface area (TPSA) is 85.8 Å². The molecule has 0 fully saturated rings. The molecule has 130 valence electrons. The van der Waals surface area contributed by atoms with Crippen LogP contribution in [0.4, 0.5) is 8.78 Å². The summed E-state index contributed by atoms with van der Waals surface area (Å²) in [7, 11) is 1.23. The number of H-pyrrole nitrogens is 1. The Balaban J connectivity index is 2.33. The Kier molecular flexibility index (Phi) is 4.45. The molecule has 2 N–H and O–H groups in total. The van der Waals surface area contributed by atoms with E-state index in [-0.39, 0.29) is 16.2 Å². The van der Waals surface area contributed by atoms with Crippen LogP contribution in [0, 0.1) is 23.0 Å². The van der Waals surface area contributed by atoms with Crippen LogP contribution < -0.4 is 10.7 Å². The van der Waals surface area contributed by atoms with E-state index in [1.165, 1.54) is 25.2 Å². The van der Waals surface area contributed by atoms with Gasteiger partial charge in [-0.1, -0.05) is 11.6 Å². The molecule has 1 heterocycles. The number of hydrogen-bond donors (Lipinski definition) is 2. The number of nitriles is 1. The van der Waals surface area contributed by atoms with E-state index in [9.17, 15) is 18.4 Å². The molecule has 0 atom stereocenters. The lowest BCUT2D eigenvalue weighted by molar-refractivity contribution is 0.0955. The van der Waals surface area contributed by atoms with Crippen LogP contribution >= 0.6 is 11.6 Å². The maximum absolute atomic E-state index is 14.6. The van der Waals surface area contributed by atoms with Crippen molar-refractivity contribution in [1.29, 1.82) is 5.26 Å². The Bertz CT molecular complexity index is 1170. The molecule has 0 saturated heterocycles. The molecule has 2 aromatic carbocycles. The third-order valence-electron chi connectivity index (χ3n) is 3.85. The number of nitrogens with one attached hydrogen (secondary N) is 2. The van der Waals surface area contributed by atoms with Gasteiger partial charge in [0.1, 0.15) is 11.4 Å². The summed E-state index contributed by atoms with van der Waals surface area (Å²) in [5.41, 5.74) is -0.888. The fourth-order valence-electron chi connectivity index (χ4n) is 2.62. The van der Waals surface area contributed by atoms with Crippen molar-refractivity contribution < 1.29 is 13.6 Å². The molecular formula is C18H10ClF2N3O2. The van der Waals surface area contributed by atoms with Crippen LogP contribution in [0.2, 0.25) is 5.02 Å². The molecule has 0 saturated carbocycles. The number of carbonyl (C=O) groups is 1. The Morgan fingerprint density at radius 3 is 2.65 bits per heavy atom. The first-order chi connectivity index (χ1) is 12.4. The molecule has 1 amide bonds. The van der Waals surface area contributed by atoms with Crippen LogP contribution in [0.3, 0.4) is 0 Å². The normalized spacial score (nSPS) is 10.6. The largest absolute Gasteiger partial charge is 0.355 e. The molecule has 3 aromatic rings. The highest BCUT2D eigenvalue weighted by molar-refractivity contribution is 6.33. The number of halogens is 3. The standard InChI is InChI=1S/C18H10ClF2N3O2/c1-23-18(26)15-11(20)5-13-16(17(15)21)14(25)6-12(24-13)9-4-8(7-22)2-3-10(9)19/h2-6H,1H3,(H,23,26)(H,24,25). The molecule has 0 aliphatic heterocycles. The summed E-state index contributed by atoms with van der Waals surface area (Å²) in [6.45, 7) is 0. The van der Waals surface area contributed by atoms with E-state index in [1.54, 1.807) is 0 Å². The number of aromatic amines is 1. The van der Waals surface area contributed by atoms with E-state index < -0.39 is 33.9 Å². The van der Waals surface area contributed by atoms with Gasteiger partial charge in [0.25, 0.3) is 5.91 Å². The molecule has 0 aliphatic rings. The Morgan fingerprint density at radius 2 is 2.00 bits per heavy atom. The van der Waals surface area contributed by atoms with Gasteiger partial charge in [-0.25, -0.2) is 8.78 Å². The van der Waals surface area contributed by atoms with Crippen LogP contribution in [0.5, 0.6) is 0 Å². The number of amides is 1. The summed E-state index contributed by atoms with van der Waals surface area (Å²) in [5.74, 6) is -3.34. The summed E-state index contributed by atoms with van der Waals surface area (Å²) in [6, 6.07) is 8.33. The van der Waals surface area contributed by atoms with Crippen molar-refractivity contribution in [2.24, 2.45) is 0 Å². The second kappa shape index (κ2) is 6.58. The number of carbonyl (C=O) groups excluding carboxylic acids is 1. The zero-order valence-electron chi connectivity index (χ0n) is 13.3. The lowest BCUT2D eigenvalue weighted by atomic mass is 10.0. The lowest BCUT2D eigenvalue weighted by Gasteiger charge is -2.10. The third kappa shape index (κ3) is 2.80. The minimum atomic E-state index is -1.25. The molecule has 0 bridgehead atoms. The van der Waals surface area contributed by atoms with Crippen LogP contribution in [-0.4, -0.2) is 17.9 Å². The fourth-order valence-corrected chi connectivity index (χ4v) is 2.84. The predicted molar refractivity (Wildman–Crippen MR) is 93.0 cm³/mol. The Morgan fingerprint density at radius 1 is 1.27 bits per heavy atom. The summed E-state index contributed by atoms with van der Waals surface area (Å²) in [6.07, 6.45) is 0. The van der Waals surface area contributed by atoms with Crippen LogP contribution in [-0.2, 0) is 0 Å². The minimum absolute atomic E-state index is 0.131. The Labute approximate surface area is 150 Å². The van der Waals surface area contributed by atoms with Gasteiger partial charge in [-0.3, -0.25) is 9.59 Å². The summed E-state index contributed by atoms with van der Waals surface area (Å²) in [4.78, 5) is 26.8. The number of hydrogen-bond acceptors (Lipinski definition) is 3. The molecule has 0 radical (unpaired) electrons. The van der Waals surface area contributed by atoms with Gasteiger partial charge < -0.3 is 10.3 Å². The van der Waals surface area contributed by atoms with E-state index in [2.05, 4.69) is 10.3 Å². The van der Waals surface area contributed by atoms with Gasteiger partial charge in [0.15, 0.2) is 11.2 Å². The molecule has 0 unspecified atom stereocenters. The quantitative estimate of drug-likeness (QED) is 0.722. The van der Waals surface area contributed by atoms with Crippen molar-refractivity contribution in [3.8, 4) is 17.3 Å². The van der Waals surface area contributed by atoms with Crippen molar-refractivity contribution in [3.63, 3.8) is 0 Å². The zero-order chi connectivity index (χ0) is 19.0. The van der Waals surface area contributed by atoms with Crippen molar-refractivity contribution >= 4 is 28.4 Å². The van der Waals surface area contributed by atoms with Crippen molar-refractivity contribution in [3.05, 3.63) is 68.3 Å². The highest BCUT2D eigenvalue weighted by atomic mass is 35.5. The molecule has 1 aromatic heterocycles. The molecular weight excluding hydrogens is 364 g/mol. The van der Waals surface area contributed by atoms with Crippen molar-refractivity contribution in [2.45, 2.75) is 0 Å². The highest BCUT2D eigenvalue weighted by Gasteiger charge is 2.22. The first kappa shape index (κ1) is 17.6. The summed E-state index contributed by atoms with van der Waals surface area (Å²) >= 11 is 6.11. The maximum Gasteiger partial charge on any atom is 0.257 e. The Hall–Kier alpha value is -3.24. The SMILES string of the molecule is CNC(=O)c1c(F)cc2[nH]c(-c3cc(C#N)ccc3Cl)cc(=O)c2c1F. The van der Waals surface area contributed by atoms with Gasteiger partial charge in [0.05, 0.1) is 28.2 Å². The van der Waals surface area contributed by atoms with Gasteiger partial charge in [-0.15, -0.1) is 0 Å². The average Bonchev–Trinajstić information content (AvgIpc) is 2.61. The van der Waals surface area contributed by atoms with E-state index >= 15 is 0 Å². The third-order valence-corrected chi connectivity index (χ3v) is 4.18. The van der Waals surface area contributed by atoms with Gasteiger partial charge >= 0.3 is 0 Å². The van der Waals surface area contributed by atoms with E-state index in [1.807, 2.05) is 6.07 Å². The number of aromatic nitrogens is 1. The highest BCUT2D eigenvalue weighted by Crippen LogP contribution is 2.29. The fraction of sp³-hybridized carbons (Fsp3) is 0.0556. The molecule has 26 heavy (non-hydrogen) atoms. The predicted octanol–water partition coefficient (Wildman–Crippen LogP) is 3.36. The first-order valence-electron chi connectivity index (χ1n) is 7.34. The minimum Gasteiger partial charge on any atom is -0.355 e. The summed E-state index contributed by atoms with van der Waals surface area (Å²) in [5, 5.41) is 10.9. The van der Waals surface area contributed by atoms with Gasteiger partial charge in [0.2, 0.25) is 0 Å². The van der Waals surface area contributed by atoms with E-state index in [0.29, 0.717) is 11.1 Å². The van der Waals surface area contributed by atoms with Gasteiger partial charge in [0, 0.05) is 23.7 Å². The summed E-state index contributed by atoms with van der Waals surface area (Å²) < 4.78 is 28.8. The monoisotopic (exact) mass is 373 g/mol. The van der Waals surface area contributed by atoms with Gasteiger partial charge in [-0.2, -0.15) is 5.26 Å². The van der Waals surface area contributed by atoms with Crippen molar-refractivity contribution in [2.75, 3.05) is 7.05 Å². The lowest BCUT2D eigenvalue weighted by Crippen LogP contribution is -2.22. The second-order valence-corrected chi connectivity index (χ2v) is 5.81. The number of nitrogens with zero attached hydrogens (tertiary/aromatic N) is 1. The first-order valence-corrected chi connectivity index (χ1v) is 7.72. The molecule has 3 rings (SSSR count). The maximum atomic E-state index is 14.6. The van der Waals surface area contributed by atoms with Gasteiger partial charge in [-0.05, 0) is 24.3 Å².